The van der Waals surface area contributed by atoms with Crippen LogP contribution in [0.5, 0.6) is 5.75 Å². The summed E-state index contributed by atoms with van der Waals surface area (Å²) in [6.07, 6.45) is 1.94. The monoisotopic (exact) mass is 407 g/mol. The number of hydrogen-bond acceptors (Lipinski definition) is 3. The van der Waals surface area contributed by atoms with Gasteiger partial charge in [0, 0.05) is 20.5 Å². The number of aryl methyl sites for hydroxylation is 2. The molecule has 30 heavy (non-hydrogen) atoms. The maximum atomic E-state index is 11.7. The third-order valence-electron chi connectivity index (χ3n) is 5.47. The minimum Gasteiger partial charge on any atom is -0.493 e. The number of ether oxygens (including phenoxy) is 1. The fraction of sp³-hybridized carbons (Fsp3) is 0.440. The highest BCUT2D eigenvalue weighted by atomic mass is 16.5. The largest absolute Gasteiger partial charge is 0.493 e. The summed E-state index contributed by atoms with van der Waals surface area (Å²) in [6.45, 7) is 10.1. The summed E-state index contributed by atoms with van der Waals surface area (Å²) in [5.41, 5.74) is 4.57. The number of amides is 1. The van der Waals surface area contributed by atoms with E-state index in [4.69, 9.17) is 9.72 Å². The predicted octanol–water partition coefficient (Wildman–Crippen LogP) is 5.31. The average Bonchev–Trinajstić information content (AvgIpc) is 3.04. The number of hydrogen-bond donors (Lipinski definition) is 0. The molecule has 1 aromatic heterocycles. The van der Waals surface area contributed by atoms with Crippen molar-refractivity contribution in [1.29, 1.82) is 0 Å². The minimum absolute atomic E-state index is 0.0427. The second-order valence-electron chi connectivity index (χ2n) is 8.30. The van der Waals surface area contributed by atoms with Crippen LogP contribution < -0.4 is 4.74 Å². The number of benzene rings is 2. The summed E-state index contributed by atoms with van der Waals surface area (Å²) in [5, 5.41) is 0. The maximum absolute atomic E-state index is 11.7. The predicted molar refractivity (Wildman–Crippen MR) is 122 cm³/mol. The van der Waals surface area contributed by atoms with Crippen LogP contribution in [0.2, 0.25) is 0 Å². The molecule has 0 aliphatic rings. The van der Waals surface area contributed by atoms with E-state index >= 15 is 0 Å². The highest BCUT2D eigenvalue weighted by Crippen LogP contribution is 2.27. The average molecular weight is 408 g/mol. The van der Waals surface area contributed by atoms with Crippen LogP contribution in [0.15, 0.2) is 42.5 Å². The Kier molecular flexibility index (Phi) is 7.14. The van der Waals surface area contributed by atoms with Crippen molar-refractivity contribution in [2.75, 3.05) is 13.7 Å². The van der Waals surface area contributed by atoms with Gasteiger partial charge in [0.1, 0.15) is 11.6 Å². The Morgan fingerprint density at radius 2 is 1.93 bits per heavy atom. The van der Waals surface area contributed by atoms with Gasteiger partial charge in [0.05, 0.1) is 24.2 Å². The van der Waals surface area contributed by atoms with E-state index < -0.39 is 0 Å². The maximum Gasteiger partial charge on any atom is 0.219 e. The third-order valence-corrected chi connectivity index (χ3v) is 5.47. The van der Waals surface area contributed by atoms with Crippen LogP contribution >= 0.6 is 0 Å². The van der Waals surface area contributed by atoms with E-state index in [1.807, 2.05) is 25.2 Å². The highest BCUT2D eigenvalue weighted by Gasteiger charge is 2.14. The van der Waals surface area contributed by atoms with Crippen LogP contribution in [0.25, 0.3) is 11.0 Å². The van der Waals surface area contributed by atoms with E-state index in [0.29, 0.717) is 19.1 Å². The number of aromatic nitrogens is 2. The van der Waals surface area contributed by atoms with Gasteiger partial charge in [-0.15, -0.1) is 0 Å². The Labute approximate surface area is 179 Å². The van der Waals surface area contributed by atoms with Gasteiger partial charge in [-0.3, -0.25) is 4.79 Å². The number of imidazole rings is 1. The molecule has 160 valence electrons. The van der Waals surface area contributed by atoms with Crippen molar-refractivity contribution in [2.24, 2.45) is 0 Å². The van der Waals surface area contributed by atoms with E-state index in [2.05, 4.69) is 49.6 Å². The van der Waals surface area contributed by atoms with Gasteiger partial charge >= 0.3 is 0 Å². The van der Waals surface area contributed by atoms with Crippen LogP contribution in [0.1, 0.15) is 56.5 Å². The van der Waals surface area contributed by atoms with Gasteiger partial charge in [-0.2, -0.15) is 0 Å². The summed E-state index contributed by atoms with van der Waals surface area (Å²) >= 11 is 0. The molecule has 0 atom stereocenters. The van der Waals surface area contributed by atoms with E-state index in [1.54, 1.807) is 11.8 Å². The SMILES string of the molecule is CC(=O)N(C)Cc1nc2ccccc2n1CCCCOc1cc(C)ccc1C(C)C. The summed E-state index contributed by atoms with van der Waals surface area (Å²) in [7, 11) is 1.81. The second kappa shape index (κ2) is 9.79. The first-order valence-electron chi connectivity index (χ1n) is 10.8. The highest BCUT2D eigenvalue weighted by molar-refractivity contribution is 5.76. The first kappa shape index (κ1) is 21.9. The Morgan fingerprint density at radius 1 is 1.17 bits per heavy atom. The number of fused-ring (bicyclic) bond motifs is 1. The molecule has 5 nitrogen and oxygen atoms in total. The van der Waals surface area contributed by atoms with Crippen LogP contribution in [0.3, 0.4) is 0 Å². The van der Waals surface area contributed by atoms with E-state index in [0.717, 1.165) is 42.0 Å². The Balaban J connectivity index is 1.64. The van der Waals surface area contributed by atoms with Gasteiger partial charge in [0.2, 0.25) is 5.91 Å². The fourth-order valence-corrected chi connectivity index (χ4v) is 3.62. The molecule has 5 heteroatoms. The smallest absolute Gasteiger partial charge is 0.219 e. The van der Waals surface area contributed by atoms with Crippen LogP contribution in [-0.4, -0.2) is 34.0 Å². The minimum atomic E-state index is 0.0427. The topological polar surface area (TPSA) is 47.4 Å². The first-order valence-corrected chi connectivity index (χ1v) is 10.8. The molecule has 0 unspecified atom stereocenters. The molecule has 0 fully saturated rings. The molecule has 0 aliphatic carbocycles. The zero-order valence-corrected chi connectivity index (χ0v) is 18.8. The standard InChI is InChI=1S/C25H33N3O2/c1-18(2)21-13-12-19(3)16-24(21)30-15-9-8-14-28-23-11-7-6-10-22(23)26-25(28)17-27(5)20(4)29/h6-7,10-13,16,18H,8-9,14-15,17H2,1-5H3. The molecule has 0 bridgehead atoms. The molecule has 0 spiro atoms. The molecular formula is C25H33N3O2. The molecule has 1 amide bonds. The van der Waals surface area contributed by atoms with E-state index in [-0.39, 0.29) is 5.91 Å². The van der Waals surface area contributed by atoms with Crippen LogP contribution in [0, 0.1) is 6.92 Å². The molecule has 0 radical (unpaired) electrons. The van der Waals surface area contributed by atoms with Crippen LogP contribution in [-0.2, 0) is 17.9 Å². The Bertz CT molecular complexity index is 1010. The number of para-hydroxylation sites is 2. The van der Waals surface area contributed by atoms with Gasteiger partial charge in [-0.05, 0) is 55.0 Å². The second-order valence-corrected chi connectivity index (χ2v) is 8.30. The lowest BCUT2D eigenvalue weighted by Gasteiger charge is -2.17. The summed E-state index contributed by atoms with van der Waals surface area (Å²) < 4.78 is 8.37. The van der Waals surface area contributed by atoms with Crippen molar-refractivity contribution in [1.82, 2.24) is 14.5 Å². The van der Waals surface area contributed by atoms with E-state index in [1.165, 1.54) is 11.1 Å². The lowest BCUT2D eigenvalue weighted by Crippen LogP contribution is -2.25. The molecule has 3 aromatic rings. The van der Waals surface area contributed by atoms with Crippen molar-refractivity contribution in [2.45, 2.75) is 59.5 Å². The number of carbonyl (C=O) groups excluding carboxylic acids is 1. The number of rotatable bonds is 9. The zero-order chi connectivity index (χ0) is 21.7. The summed E-state index contributed by atoms with van der Waals surface area (Å²) in [6, 6.07) is 14.6. The van der Waals surface area contributed by atoms with Gasteiger partial charge in [-0.25, -0.2) is 4.98 Å². The van der Waals surface area contributed by atoms with Gasteiger partial charge in [0.15, 0.2) is 0 Å². The Hall–Kier alpha value is -2.82. The summed E-state index contributed by atoms with van der Waals surface area (Å²) in [4.78, 5) is 18.1. The third kappa shape index (κ3) is 5.21. The first-order chi connectivity index (χ1) is 14.4. The van der Waals surface area contributed by atoms with Crippen molar-refractivity contribution in [3.8, 4) is 5.75 Å². The van der Waals surface area contributed by atoms with Crippen molar-refractivity contribution < 1.29 is 9.53 Å². The normalized spacial score (nSPS) is 11.3. The van der Waals surface area contributed by atoms with Gasteiger partial charge < -0.3 is 14.2 Å². The number of unbranched alkanes of at least 4 members (excludes halogenated alkanes) is 1. The molecule has 0 saturated heterocycles. The number of carbonyl (C=O) groups is 1. The quantitative estimate of drug-likeness (QED) is 0.452. The van der Waals surface area contributed by atoms with Crippen molar-refractivity contribution in [3.05, 3.63) is 59.4 Å². The molecule has 0 N–H and O–H groups in total. The number of nitrogens with zero attached hydrogens (tertiary/aromatic N) is 3. The van der Waals surface area contributed by atoms with Crippen molar-refractivity contribution in [3.63, 3.8) is 0 Å². The molecular weight excluding hydrogens is 374 g/mol. The fourth-order valence-electron chi connectivity index (χ4n) is 3.62. The molecule has 1 heterocycles. The lowest BCUT2D eigenvalue weighted by molar-refractivity contribution is -0.128. The Morgan fingerprint density at radius 3 is 2.67 bits per heavy atom. The van der Waals surface area contributed by atoms with Gasteiger partial charge in [0.25, 0.3) is 0 Å². The molecule has 3 rings (SSSR count). The van der Waals surface area contributed by atoms with E-state index in [9.17, 15) is 4.79 Å². The lowest BCUT2D eigenvalue weighted by atomic mass is 10.0. The molecule has 0 saturated carbocycles. The van der Waals surface area contributed by atoms with Gasteiger partial charge in [-0.1, -0.05) is 38.1 Å². The zero-order valence-electron chi connectivity index (χ0n) is 18.8. The van der Waals surface area contributed by atoms with Crippen molar-refractivity contribution >= 4 is 16.9 Å². The van der Waals surface area contributed by atoms with Crippen LogP contribution in [0.4, 0.5) is 0 Å². The molecule has 0 aliphatic heterocycles. The summed E-state index contributed by atoms with van der Waals surface area (Å²) in [5.74, 6) is 2.41. The molecule has 2 aromatic carbocycles.